The minimum atomic E-state index is -0.505. The molecule has 5 nitrogen and oxygen atoms in total. The summed E-state index contributed by atoms with van der Waals surface area (Å²) in [5.41, 5.74) is 0.687. The van der Waals surface area contributed by atoms with E-state index in [9.17, 15) is 14.4 Å². The van der Waals surface area contributed by atoms with Gasteiger partial charge in [0.2, 0.25) is 0 Å². The maximum Gasteiger partial charge on any atom is 0.270 e. The van der Waals surface area contributed by atoms with E-state index < -0.39 is 5.56 Å². The third-order valence-corrected chi connectivity index (χ3v) is 4.95. The van der Waals surface area contributed by atoms with E-state index in [1.165, 1.54) is 24.2 Å². The highest BCUT2D eigenvalue weighted by Gasteiger charge is 2.17. The van der Waals surface area contributed by atoms with Crippen LogP contribution in [0.15, 0.2) is 28.2 Å². The van der Waals surface area contributed by atoms with Crippen LogP contribution in [-0.4, -0.2) is 34.2 Å². The molecule has 2 aromatic rings. The second kappa shape index (κ2) is 7.81. The lowest BCUT2D eigenvalue weighted by molar-refractivity contribution is 0.218. The van der Waals surface area contributed by atoms with Crippen LogP contribution in [0.5, 0.6) is 0 Å². The number of piperidine rings is 1. The summed E-state index contributed by atoms with van der Waals surface area (Å²) in [6.45, 7) is 2.56. The number of halogens is 1. The number of nitriles is 1. The zero-order chi connectivity index (χ0) is 17.8. The molecule has 0 atom stereocenters. The first-order valence-electron chi connectivity index (χ1n) is 8.22. The van der Waals surface area contributed by atoms with Crippen LogP contribution in [0.3, 0.4) is 0 Å². The lowest BCUT2D eigenvalue weighted by Gasteiger charge is -2.26. The quantitative estimate of drug-likeness (QED) is 0.671. The summed E-state index contributed by atoms with van der Waals surface area (Å²) in [5.74, 6) is -0.334. The number of H-pyrrole nitrogens is 1. The number of thioether (sulfide) groups is 1. The fourth-order valence-electron chi connectivity index (χ4n) is 3.04. The highest BCUT2D eigenvalue weighted by atomic mass is 32.2. The molecular weight excluding hydrogens is 339 g/mol. The topological polar surface area (TPSA) is 72.8 Å². The number of nitrogens with zero attached hydrogens (tertiary/aromatic N) is 3. The molecule has 3 rings (SSSR count). The Balaban J connectivity index is 1.94. The van der Waals surface area contributed by atoms with Crippen LogP contribution < -0.4 is 5.56 Å². The Morgan fingerprint density at radius 2 is 2.12 bits per heavy atom. The van der Waals surface area contributed by atoms with Crippen molar-refractivity contribution in [2.45, 2.75) is 31.0 Å². The van der Waals surface area contributed by atoms with E-state index in [0.717, 1.165) is 25.9 Å². The van der Waals surface area contributed by atoms with Crippen molar-refractivity contribution in [2.24, 2.45) is 0 Å². The van der Waals surface area contributed by atoms with Crippen molar-refractivity contribution in [1.29, 1.82) is 5.26 Å². The van der Waals surface area contributed by atoms with E-state index >= 15 is 0 Å². The summed E-state index contributed by atoms with van der Waals surface area (Å²) < 4.78 is 14.6. The molecule has 0 amide bonds. The monoisotopic (exact) mass is 358 g/mol. The average molecular weight is 358 g/mol. The number of benzene rings is 1. The molecule has 0 spiro atoms. The number of rotatable bonds is 4. The van der Waals surface area contributed by atoms with Crippen LogP contribution in [0.25, 0.3) is 11.3 Å². The number of likely N-dealkylation sites (tertiary alicyclic amines) is 1. The summed E-state index contributed by atoms with van der Waals surface area (Å²) in [5, 5.41) is 9.65. The van der Waals surface area contributed by atoms with Gasteiger partial charge in [0.05, 0.1) is 5.69 Å². The second-order valence-corrected chi connectivity index (χ2v) is 6.85. The van der Waals surface area contributed by atoms with Crippen molar-refractivity contribution in [2.75, 3.05) is 19.3 Å². The van der Waals surface area contributed by atoms with Crippen molar-refractivity contribution in [3.05, 3.63) is 45.5 Å². The Bertz CT molecular complexity index is 868. The van der Waals surface area contributed by atoms with Crippen molar-refractivity contribution >= 4 is 11.8 Å². The van der Waals surface area contributed by atoms with E-state index in [4.69, 9.17) is 0 Å². The minimum Gasteiger partial charge on any atom is -0.300 e. The van der Waals surface area contributed by atoms with Gasteiger partial charge < -0.3 is 4.98 Å². The number of nitrogens with one attached hydrogen (secondary N) is 1. The fourth-order valence-corrected chi connectivity index (χ4v) is 3.42. The molecule has 1 N–H and O–H groups in total. The Kier molecular flexibility index (Phi) is 5.51. The standard InChI is InChI=1S/C18H19FN4OS/c1-25-18-21-16(14(10-20)17(24)22-18)12-5-6-13(15(19)9-12)11-23-7-3-2-4-8-23/h5-6,9H,2-4,7-8,11H2,1H3,(H,21,22,24). The minimum absolute atomic E-state index is 0.0963. The first kappa shape index (κ1) is 17.6. The van der Waals surface area contributed by atoms with Gasteiger partial charge in [-0.05, 0) is 38.3 Å². The number of aromatic nitrogens is 2. The summed E-state index contributed by atoms with van der Waals surface area (Å²) in [6.07, 6.45) is 5.32. The normalized spacial score (nSPS) is 15.1. The Hall–Kier alpha value is -2.17. The number of hydrogen-bond acceptors (Lipinski definition) is 5. The van der Waals surface area contributed by atoms with Crippen molar-refractivity contribution in [3.63, 3.8) is 0 Å². The lowest BCUT2D eigenvalue weighted by Crippen LogP contribution is -2.29. The molecule has 1 aliphatic heterocycles. The van der Waals surface area contributed by atoms with Gasteiger partial charge in [0.15, 0.2) is 5.16 Å². The van der Waals surface area contributed by atoms with Gasteiger partial charge in [-0.3, -0.25) is 9.69 Å². The molecule has 2 heterocycles. The fraction of sp³-hybridized carbons (Fsp3) is 0.389. The average Bonchev–Trinajstić information content (AvgIpc) is 2.63. The predicted molar refractivity (Wildman–Crippen MR) is 95.9 cm³/mol. The van der Waals surface area contributed by atoms with Crippen molar-refractivity contribution in [1.82, 2.24) is 14.9 Å². The number of hydrogen-bond donors (Lipinski definition) is 1. The van der Waals surface area contributed by atoms with Gasteiger partial charge >= 0.3 is 0 Å². The van der Waals surface area contributed by atoms with Crippen LogP contribution in [0.2, 0.25) is 0 Å². The van der Waals surface area contributed by atoms with E-state index in [-0.39, 0.29) is 17.1 Å². The highest BCUT2D eigenvalue weighted by Crippen LogP contribution is 2.24. The summed E-state index contributed by atoms with van der Waals surface area (Å²) in [6, 6.07) is 6.69. The SMILES string of the molecule is CSc1nc(-c2ccc(CN3CCCCC3)c(F)c2)c(C#N)c(=O)[nH]1. The molecule has 0 radical (unpaired) electrons. The molecular formula is C18H19FN4OS. The molecule has 1 fully saturated rings. The highest BCUT2D eigenvalue weighted by molar-refractivity contribution is 7.98. The zero-order valence-corrected chi connectivity index (χ0v) is 14.8. The van der Waals surface area contributed by atoms with Gasteiger partial charge in [-0.25, -0.2) is 9.37 Å². The third-order valence-electron chi connectivity index (χ3n) is 4.37. The van der Waals surface area contributed by atoms with Gasteiger partial charge in [0, 0.05) is 17.7 Å². The molecule has 1 saturated heterocycles. The van der Waals surface area contributed by atoms with E-state index in [1.54, 1.807) is 18.4 Å². The Labute approximate surface area is 149 Å². The van der Waals surface area contributed by atoms with Crippen LogP contribution in [0, 0.1) is 17.1 Å². The van der Waals surface area contributed by atoms with Gasteiger partial charge in [-0.15, -0.1) is 0 Å². The van der Waals surface area contributed by atoms with Gasteiger partial charge in [0.1, 0.15) is 17.4 Å². The van der Waals surface area contributed by atoms with Gasteiger partial charge in [-0.1, -0.05) is 30.3 Å². The molecule has 1 aliphatic rings. The van der Waals surface area contributed by atoms with Crippen molar-refractivity contribution < 1.29 is 4.39 Å². The second-order valence-electron chi connectivity index (χ2n) is 6.05. The summed E-state index contributed by atoms with van der Waals surface area (Å²) in [4.78, 5) is 21.1. The van der Waals surface area contributed by atoms with E-state index in [1.807, 2.05) is 6.07 Å². The Morgan fingerprint density at radius 3 is 2.76 bits per heavy atom. The lowest BCUT2D eigenvalue weighted by atomic mass is 10.0. The first-order chi connectivity index (χ1) is 12.1. The van der Waals surface area contributed by atoms with Crippen LogP contribution in [-0.2, 0) is 6.54 Å². The predicted octanol–water partition coefficient (Wildman–Crippen LogP) is 3.16. The van der Waals surface area contributed by atoms with Gasteiger partial charge in [-0.2, -0.15) is 5.26 Å². The molecule has 0 saturated carbocycles. The molecule has 0 bridgehead atoms. The molecule has 130 valence electrons. The van der Waals surface area contributed by atoms with Crippen LogP contribution in [0.1, 0.15) is 30.4 Å². The smallest absolute Gasteiger partial charge is 0.270 e. The summed E-state index contributed by atoms with van der Waals surface area (Å²) >= 11 is 1.27. The van der Waals surface area contributed by atoms with Gasteiger partial charge in [0.25, 0.3) is 5.56 Å². The number of aromatic amines is 1. The summed E-state index contributed by atoms with van der Waals surface area (Å²) in [7, 11) is 0. The molecule has 1 aromatic carbocycles. The van der Waals surface area contributed by atoms with E-state index in [2.05, 4.69) is 14.9 Å². The van der Waals surface area contributed by atoms with Crippen molar-refractivity contribution in [3.8, 4) is 17.3 Å². The molecule has 7 heteroatoms. The molecule has 0 unspecified atom stereocenters. The zero-order valence-electron chi connectivity index (χ0n) is 14.0. The maximum atomic E-state index is 14.6. The Morgan fingerprint density at radius 1 is 1.36 bits per heavy atom. The van der Waals surface area contributed by atoms with Crippen LogP contribution in [0.4, 0.5) is 4.39 Å². The third kappa shape index (κ3) is 3.91. The molecule has 1 aromatic heterocycles. The first-order valence-corrected chi connectivity index (χ1v) is 9.44. The maximum absolute atomic E-state index is 14.6. The molecule has 0 aliphatic carbocycles. The van der Waals surface area contributed by atoms with Crippen LogP contribution >= 0.6 is 11.8 Å². The largest absolute Gasteiger partial charge is 0.300 e. The molecule has 25 heavy (non-hydrogen) atoms. The van der Waals surface area contributed by atoms with E-state index in [0.29, 0.717) is 22.8 Å².